The van der Waals surface area contributed by atoms with Crippen molar-refractivity contribution in [3.05, 3.63) is 46.8 Å². The molecule has 1 saturated heterocycles. The summed E-state index contributed by atoms with van der Waals surface area (Å²) < 4.78 is 5.27. The van der Waals surface area contributed by atoms with Gasteiger partial charge in [0.05, 0.1) is 17.3 Å². The molecule has 2 aliphatic rings. The van der Waals surface area contributed by atoms with Crippen LogP contribution in [0.2, 0.25) is 5.02 Å². The van der Waals surface area contributed by atoms with Crippen molar-refractivity contribution in [1.29, 1.82) is 0 Å². The molecule has 1 aromatic carbocycles. The third-order valence-corrected chi connectivity index (χ3v) is 5.23. The molecule has 1 saturated carbocycles. The van der Waals surface area contributed by atoms with E-state index in [9.17, 15) is 9.59 Å². The van der Waals surface area contributed by atoms with Gasteiger partial charge in [0.1, 0.15) is 5.76 Å². The van der Waals surface area contributed by atoms with Gasteiger partial charge in [-0.1, -0.05) is 28.9 Å². The zero-order chi connectivity index (χ0) is 18.8. The second-order valence-electron chi connectivity index (χ2n) is 6.99. The highest BCUT2D eigenvalue weighted by molar-refractivity contribution is 6.33. The van der Waals surface area contributed by atoms with E-state index in [1.807, 2.05) is 17.0 Å². The Morgan fingerprint density at radius 1 is 1.19 bits per heavy atom. The number of carbonyl (C=O) groups excluding carboxylic acids is 2. The van der Waals surface area contributed by atoms with E-state index in [1.54, 1.807) is 23.1 Å². The molecule has 1 N–H and O–H groups in total. The normalized spacial score (nSPS) is 17.7. The van der Waals surface area contributed by atoms with Crippen LogP contribution in [0.25, 0.3) is 0 Å². The van der Waals surface area contributed by atoms with E-state index in [2.05, 4.69) is 10.5 Å². The Bertz CT molecular complexity index is 841. The van der Waals surface area contributed by atoms with E-state index in [4.69, 9.17) is 16.1 Å². The topological polar surface area (TPSA) is 78.7 Å². The van der Waals surface area contributed by atoms with Crippen molar-refractivity contribution in [3.63, 3.8) is 0 Å². The van der Waals surface area contributed by atoms with E-state index in [-0.39, 0.29) is 18.4 Å². The standard InChI is InChI=1S/C19H21ClN4O3/c20-14-3-1-2-4-15(14)21-18(25)12-23-7-9-24(10-8-23)19(26)16-11-17(27-22-16)13-5-6-13/h1-4,11,13H,5-10,12H2,(H,21,25). The number of para-hydroxylation sites is 1. The Morgan fingerprint density at radius 3 is 2.63 bits per heavy atom. The second-order valence-corrected chi connectivity index (χ2v) is 7.39. The van der Waals surface area contributed by atoms with E-state index in [1.165, 1.54) is 0 Å². The van der Waals surface area contributed by atoms with E-state index in [0.717, 1.165) is 18.6 Å². The summed E-state index contributed by atoms with van der Waals surface area (Å²) >= 11 is 6.06. The van der Waals surface area contributed by atoms with Crippen LogP contribution in [0, 0.1) is 0 Å². The molecule has 2 aromatic rings. The van der Waals surface area contributed by atoms with Crippen LogP contribution in [-0.2, 0) is 4.79 Å². The summed E-state index contributed by atoms with van der Waals surface area (Å²) in [5.41, 5.74) is 0.984. The number of halogens is 1. The van der Waals surface area contributed by atoms with Crippen molar-refractivity contribution in [2.24, 2.45) is 0 Å². The van der Waals surface area contributed by atoms with Crippen molar-refractivity contribution in [2.45, 2.75) is 18.8 Å². The minimum Gasteiger partial charge on any atom is -0.360 e. The van der Waals surface area contributed by atoms with Gasteiger partial charge in [-0.15, -0.1) is 0 Å². The molecule has 1 aromatic heterocycles. The molecule has 27 heavy (non-hydrogen) atoms. The molecule has 0 spiro atoms. The predicted molar refractivity (Wildman–Crippen MR) is 101 cm³/mol. The molecule has 142 valence electrons. The lowest BCUT2D eigenvalue weighted by Crippen LogP contribution is -2.50. The first-order valence-electron chi connectivity index (χ1n) is 9.13. The van der Waals surface area contributed by atoms with Crippen LogP contribution >= 0.6 is 11.6 Å². The Hall–Kier alpha value is -2.38. The number of hydrogen-bond acceptors (Lipinski definition) is 5. The smallest absolute Gasteiger partial charge is 0.276 e. The maximum Gasteiger partial charge on any atom is 0.276 e. The number of benzene rings is 1. The quantitative estimate of drug-likeness (QED) is 0.851. The first kappa shape index (κ1) is 18.0. The van der Waals surface area contributed by atoms with Crippen molar-refractivity contribution in [2.75, 3.05) is 38.0 Å². The SMILES string of the molecule is O=C(CN1CCN(C(=O)c2cc(C3CC3)on2)CC1)Nc1ccccc1Cl. The van der Waals surface area contributed by atoms with Crippen LogP contribution < -0.4 is 5.32 Å². The molecular formula is C19H21ClN4O3. The summed E-state index contributed by atoms with van der Waals surface area (Å²) in [4.78, 5) is 28.6. The van der Waals surface area contributed by atoms with Crippen LogP contribution in [0.5, 0.6) is 0 Å². The van der Waals surface area contributed by atoms with Gasteiger partial charge in [-0.3, -0.25) is 14.5 Å². The lowest BCUT2D eigenvalue weighted by Gasteiger charge is -2.33. The molecule has 2 amide bonds. The number of carbonyl (C=O) groups is 2. The molecule has 2 fully saturated rings. The maximum atomic E-state index is 12.6. The van der Waals surface area contributed by atoms with Gasteiger partial charge in [0, 0.05) is 38.2 Å². The molecule has 0 unspecified atom stereocenters. The zero-order valence-corrected chi connectivity index (χ0v) is 15.6. The van der Waals surface area contributed by atoms with Crippen LogP contribution in [0.3, 0.4) is 0 Å². The summed E-state index contributed by atoms with van der Waals surface area (Å²) in [6.07, 6.45) is 2.22. The fraction of sp³-hybridized carbons (Fsp3) is 0.421. The Morgan fingerprint density at radius 2 is 1.93 bits per heavy atom. The van der Waals surface area contributed by atoms with Gasteiger partial charge in [-0.2, -0.15) is 0 Å². The van der Waals surface area contributed by atoms with Gasteiger partial charge in [-0.25, -0.2) is 0 Å². The van der Waals surface area contributed by atoms with E-state index >= 15 is 0 Å². The zero-order valence-electron chi connectivity index (χ0n) is 14.9. The van der Waals surface area contributed by atoms with Crippen molar-refractivity contribution in [3.8, 4) is 0 Å². The van der Waals surface area contributed by atoms with E-state index in [0.29, 0.717) is 48.5 Å². The summed E-state index contributed by atoms with van der Waals surface area (Å²) in [5, 5.41) is 7.25. The first-order chi connectivity index (χ1) is 13.1. The second kappa shape index (κ2) is 7.70. The molecule has 7 nitrogen and oxygen atoms in total. The average molecular weight is 389 g/mol. The van der Waals surface area contributed by atoms with E-state index < -0.39 is 0 Å². The fourth-order valence-corrected chi connectivity index (χ4v) is 3.36. The minimum absolute atomic E-state index is 0.106. The number of rotatable bonds is 5. The molecule has 4 rings (SSSR count). The first-order valence-corrected chi connectivity index (χ1v) is 9.50. The van der Waals surface area contributed by atoms with Gasteiger partial charge in [0.2, 0.25) is 5.91 Å². The monoisotopic (exact) mass is 388 g/mol. The van der Waals surface area contributed by atoms with Gasteiger partial charge in [0.25, 0.3) is 5.91 Å². The summed E-state index contributed by atoms with van der Waals surface area (Å²) in [6.45, 7) is 2.65. The Balaban J connectivity index is 1.26. The third kappa shape index (κ3) is 4.31. The number of aromatic nitrogens is 1. The van der Waals surface area contributed by atoms with Gasteiger partial charge in [0.15, 0.2) is 5.69 Å². The maximum absolute atomic E-state index is 12.6. The highest BCUT2D eigenvalue weighted by atomic mass is 35.5. The van der Waals surface area contributed by atoms with Crippen LogP contribution in [0.4, 0.5) is 5.69 Å². The van der Waals surface area contributed by atoms with Crippen molar-refractivity contribution >= 4 is 29.1 Å². The fourth-order valence-electron chi connectivity index (χ4n) is 3.18. The molecule has 0 bridgehead atoms. The lowest BCUT2D eigenvalue weighted by molar-refractivity contribution is -0.117. The number of amides is 2. The molecular weight excluding hydrogens is 368 g/mol. The average Bonchev–Trinajstić information content (AvgIpc) is 3.40. The minimum atomic E-state index is -0.117. The molecule has 0 radical (unpaired) electrons. The number of nitrogens with one attached hydrogen (secondary N) is 1. The number of hydrogen-bond donors (Lipinski definition) is 1. The third-order valence-electron chi connectivity index (χ3n) is 4.90. The van der Waals surface area contributed by atoms with Crippen molar-refractivity contribution < 1.29 is 14.1 Å². The highest BCUT2D eigenvalue weighted by Crippen LogP contribution is 2.40. The summed E-state index contributed by atoms with van der Waals surface area (Å²) in [6, 6.07) is 8.91. The molecule has 8 heteroatoms. The molecule has 0 atom stereocenters. The number of anilines is 1. The molecule has 1 aliphatic heterocycles. The lowest BCUT2D eigenvalue weighted by atomic mass is 10.2. The molecule has 1 aliphatic carbocycles. The predicted octanol–water partition coefficient (Wildman–Crippen LogP) is 2.60. The Kier molecular flexibility index (Phi) is 5.13. The van der Waals surface area contributed by atoms with Crippen LogP contribution in [-0.4, -0.2) is 59.5 Å². The largest absolute Gasteiger partial charge is 0.360 e. The highest BCUT2D eigenvalue weighted by Gasteiger charge is 2.30. The van der Waals surface area contributed by atoms with Gasteiger partial charge < -0.3 is 14.7 Å². The van der Waals surface area contributed by atoms with Gasteiger partial charge >= 0.3 is 0 Å². The van der Waals surface area contributed by atoms with Crippen LogP contribution in [0.1, 0.15) is 35.0 Å². The Labute approximate surface area is 162 Å². The van der Waals surface area contributed by atoms with Crippen molar-refractivity contribution in [1.82, 2.24) is 15.0 Å². The van der Waals surface area contributed by atoms with Crippen LogP contribution in [0.15, 0.2) is 34.9 Å². The number of piperazine rings is 1. The number of nitrogens with zero attached hydrogens (tertiary/aromatic N) is 3. The van der Waals surface area contributed by atoms with Gasteiger partial charge in [-0.05, 0) is 25.0 Å². The molecule has 2 heterocycles. The summed E-state index contributed by atoms with van der Waals surface area (Å²) in [7, 11) is 0. The summed E-state index contributed by atoms with van der Waals surface area (Å²) in [5.74, 6) is 1.03.